The van der Waals surface area contributed by atoms with Gasteiger partial charge in [0.25, 0.3) is 0 Å². The number of nitrogens with one attached hydrogen (secondary N) is 1. The standard InChI is InChI=1S/C37H47N5O5/c1-5-32(29(24-47-36(43)6-2)19-31-22-41(4)25-39-31)37(44)46-17-16-45-35-18-27(11-10-26(35)3)21-42-15-13-30(23-42)40-34-9-7-8-28-20-38-14-12-33(28)34/h7-12,14,18,20,22,25,29-30,32,40H,5-6,13,15-17,19,21,23-24H2,1-4H3/t29-,30?,32-/m0/s1. The number of nitrogens with zero attached hydrogens (tertiary/aromatic N) is 4. The third kappa shape index (κ3) is 9.32. The van der Waals surface area contributed by atoms with E-state index < -0.39 is 5.92 Å². The monoisotopic (exact) mass is 641 g/mol. The molecule has 250 valence electrons. The maximum Gasteiger partial charge on any atom is 0.309 e. The quantitative estimate of drug-likeness (QED) is 0.121. The Morgan fingerprint density at radius 1 is 1.11 bits per heavy atom. The summed E-state index contributed by atoms with van der Waals surface area (Å²) >= 11 is 0. The van der Waals surface area contributed by atoms with Crippen LogP contribution in [-0.4, -0.2) is 70.3 Å². The molecule has 1 aliphatic heterocycles. The summed E-state index contributed by atoms with van der Waals surface area (Å²) in [6, 6.07) is 15.1. The van der Waals surface area contributed by atoms with Gasteiger partial charge in [0, 0.05) is 80.1 Å². The molecule has 5 rings (SSSR count). The lowest BCUT2D eigenvalue weighted by molar-refractivity contribution is -0.155. The molecule has 0 aliphatic carbocycles. The molecule has 47 heavy (non-hydrogen) atoms. The van der Waals surface area contributed by atoms with Crippen LogP contribution in [0, 0.1) is 18.8 Å². The van der Waals surface area contributed by atoms with Gasteiger partial charge in [0.15, 0.2) is 0 Å². The van der Waals surface area contributed by atoms with Gasteiger partial charge in [0.1, 0.15) is 19.0 Å². The Bertz CT molecular complexity index is 1630. The van der Waals surface area contributed by atoms with Crippen LogP contribution in [0.25, 0.3) is 10.8 Å². The van der Waals surface area contributed by atoms with E-state index in [9.17, 15) is 9.59 Å². The number of aromatic nitrogens is 3. The average molecular weight is 642 g/mol. The van der Waals surface area contributed by atoms with Crippen molar-refractivity contribution in [1.29, 1.82) is 0 Å². The van der Waals surface area contributed by atoms with Crippen LogP contribution in [0.15, 0.2) is 67.4 Å². The largest absolute Gasteiger partial charge is 0.490 e. The molecular weight excluding hydrogens is 594 g/mol. The molecule has 10 heteroatoms. The number of ether oxygens (including phenoxy) is 3. The van der Waals surface area contributed by atoms with E-state index in [1.807, 2.05) is 44.1 Å². The second kappa shape index (κ2) is 16.4. The number of anilines is 1. The first-order chi connectivity index (χ1) is 22.8. The molecule has 1 fully saturated rings. The molecule has 0 radical (unpaired) electrons. The van der Waals surface area contributed by atoms with Gasteiger partial charge in [0.05, 0.1) is 24.5 Å². The van der Waals surface area contributed by atoms with Crippen molar-refractivity contribution in [2.75, 3.05) is 38.2 Å². The molecule has 1 aliphatic rings. The zero-order valence-corrected chi connectivity index (χ0v) is 28.0. The lowest BCUT2D eigenvalue weighted by atomic mass is 9.87. The fourth-order valence-corrected chi connectivity index (χ4v) is 6.27. The highest BCUT2D eigenvalue weighted by Gasteiger charge is 2.30. The van der Waals surface area contributed by atoms with Gasteiger partial charge in [-0.3, -0.25) is 19.5 Å². The van der Waals surface area contributed by atoms with Crippen LogP contribution < -0.4 is 10.1 Å². The summed E-state index contributed by atoms with van der Waals surface area (Å²) in [6.45, 7) is 9.06. The minimum Gasteiger partial charge on any atom is -0.490 e. The Morgan fingerprint density at radius 3 is 2.77 bits per heavy atom. The van der Waals surface area contributed by atoms with Crippen molar-refractivity contribution in [2.45, 2.75) is 59.0 Å². The molecule has 2 aromatic heterocycles. The van der Waals surface area contributed by atoms with Crippen molar-refractivity contribution >= 4 is 28.4 Å². The SMILES string of the molecule is CCC(=O)OC[C@H](Cc1cn(C)cn1)[C@H](CC)C(=O)OCCOc1cc(CN2CCC(Nc3cccc4cnccc34)C2)ccc1C. The Morgan fingerprint density at radius 2 is 1.98 bits per heavy atom. The first kappa shape index (κ1) is 33.9. The smallest absolute Gasteiger partial charge is 0.309 e. The molecule has 4 aromatic rings. The van der Waals surface area contributed by atoms with Crippen molar-refractivity contribution in [1.82, 2.24) is 19.4 Å². The summed E-state index contributed by atoms with van der Waals surface area (Å²) in [5.41, 5.74) is 4.21. The highest BCUT2D eigenvalue weighted by atomic mass is 16.6. The molecule has 0 spiro atoms. The van der Waals surface area contributed by atoms with Gasteiger partial charge in [0.2, 0.25) is 0 Å². The van der Waals surface area contributed by atoms with Gasteiger partial charge in [-0.25, -0.2) is 4.98 Å². The Labute approximate surface area is 277 Å². The van der Waals surface area contributed by atoms with Gasteiger partial charge >= 0.3 is 11.9 Å². The van der Waals surface area contributed by atoms with E-state index in [0.717, 1.165) is 54.1 Å². The fourth-order valence-electron chi connectivity index (χ4n) is 6.27. The fraction of sp³-hybridized carbons (Fsp3) is 0.459. The predicted octanol–water partition coefficient (Wildman–Crippen LogP) is 5.72. The average Bonchev–Trinajstić information content (AvgIpc) is 3.71. The van der Waals surface area contributed by atoms with Crippen molar-refractivity contribution in [3.8, 4) is 5.75 Å². The van der Waals surface area contributed by atoms with E-state index >= 15 is 0 Å². The van der Waals surface area contributed by atoms with Crippen LogP contribution in [0.2, 0.25) is 0 Å². The lowest BCUT2D eigenvalue weighted by Gasteiger charge is -2.24. The number of hydrogen-bond donors (Lipinski definition) is 1. The molecule has 1 saturated heterocycles. The summed E-state index contributed by atoms with van der Waals surface area (Å²) in [7, 11) is 1.90. The molecule has 1 N–H and O–H groups in total. The molecule has 1 unspecified atom stereocenters. The van der Waals surface area contributed by atoms with Crippen LogP contribution in [0.1, 0.15) is 49.9 Å². The second-order valence-electron chi connectivity index (χ2n) is 12.4. The predicted molar refractivity (Wildman–Crippen MR) is 182 cm³/mol. The van der Waals surface area contributed by atoms with E-state index in [0.29, 0.717) is 18.9 Å². The van der Waals surface area contributed by atoms with Gasteiger partial charge < -0.3 is 24.1 Å². The number of benzene rings is 2. The van der Waals surface area contributed by atoms with Crippen LogP contribution >= 0.6 is 0 Å². The molecule has 3 atom stereocenters. The first-order valence-corrected chi connectivity index (χ1v) is 16.7. The van der Waals surface area contributed by atoms with Gasteiger partial charge in [-0.2, -0.15) is 0 Å². The highest BCUT2D eigenvalue weighted by Crippen LogP contribution is 2.27. The number of carbonyl (C=O) groups is 2. The zero-order valence-electron chi connectivity index (χ0n) is 28.0. The maximum atomic E-state index is 13.2. The van der Waals surface area contributed by atoms with Crippen LogP contribution in [-0.2, 0) is 39.1 Å². The third-order valence-corrected chi connectivity index (χ3v) is 8.85. The summed E-state index contributed by atoms with van der Waals surface area (Å²) < 4.78 is 19.1. The third-order valence-electron chi connectivity index (χ3n) is 8.85. The summed E-state index contributed by atoms with van der Waals surface area (Å²) in [5.74, 6) is -0.466. The van der Waals surface area contributed by atoms with Crippen LogP contribution in [0.3, 0.4) is 0 Å². The van der Waals surface area contributed by atoms with E-state index in [2.05, 4.69) is 62.6 Å². The van der Waals surface area contributed by atoms with Crippen LogP contribution in [0.5, 0.6) is 5.75 Å². The van der Waals surface area contributed by atoms with Crippen LogP contribution in [0.4, 0.5) is 5.69 Å². The number of hydrogen-bond acceptors (Lipinski definition) is 9. The number of fused-ring (bicyclic) bond motifs is 1. The van der Waals surface area contributed by atoms with E-state index in [4.69, 9.17) is 14.2 Å². The van der Waals surface area contributed by atoms with E-state index in [1.165, 1.54) is 10.9 Å². The minimum atomic E-state index is -0.428. The number of aryl methyl sites for hydroxylation is 2. The number of esters is 2. The molecule has 10 nitrogen and oxygen atoms in total. The number of imidazole rings is 1. The second-order valence-corrected chi connectivity index (χ2v) is 12.4. The molecule has 2 aromatic carbocycles. The summed E-state index contributed by atoms with van der Waals surface area (Å²) in [6.07, 6.45) is 9.83. The number of carbonyl (C=O) groups excluding carboxylic acids is 2. The molecule has 3 heterocycles. The Kier molecular flexibility index (Phi) is 11.8. The molecule has 0 bridgehead atoms. The molecular formula is C37H47N5O5. The number of rotatable bonds is 16. The molecule has 0 amide bonds. The minimum absolute atomic E-state index is 0.133. The summed E-state index contributed by atoms with van der Waals surface area (Å²) in [4.78, 5) is 36.2. The first-order valence-electron chi connectivity index (χ1n) is 16.7. The van der Waals surface area contributed by atoms with Crippen molar-refractivity contribution in [3.05, 3.63) is 84.2 Å². The van der Waals surface area contributed by atoms with Crippen molar-refractivity contribution in [3.63, 3.8) is 0 Å². The molecule has 0 saturated carbocycles. The highest BCUT2D eigenvalue weighted by molar-refractivity contribution is 5.93. The Balaban J connectivity index is 1.11. The summed E-state index contributed by atoms with van der Waals surface area (Å²) in [5, 5.41) is 6.08. The Hall–Kier alpha value is -4.44. The van der Waals surface area contributed by atoms with E-state index in [-0.39, 0.29) is 44.1 Å². The number of likely N-dealkylation sites (tertiary alicyclic amines) is 1. The van der Waals surface area contributed by atoms with Crippen molar-refractivity contribution < 1.29 is 23.8 Å². The maximum absolute atomic E-state index is 13.2. The lowest BCUT2D eigenvalue weighted by Crippen LogP contribution is -2.32. The van der Waals surface area contributed by atoms with Gasteiger partial charge in [-0.15, -0.1) is 0 Å². The normalized spacial score (nSPS) is 16.1. The van der Waals surface area contributed by atoms with Crippen molar-refractivity contribution in [2.24, 2.45) is 18.9 Å². The van der Waals surface area contributed by atoms with E-state index in [1.54, 1.807) is 13.3 Å². The topological polar surface area (TPSA) is 108 Å². The zero-order chi connectivity index (χ0) is 33.2. The number of pyridine rings is 1. The van der Waals surface area contributed by atoms with Gasteiger partial charge in [-0.05, 0) is 55.5 Å². The van der Waals surface area contributed by atoms with Gasteiger partial charge in [-0.1, -0.05) is 38.1 Å².